The predicted molar refractivity (Wildman–Crippen MR) is 50.0 cm³/mol. The summed E-state index contributed by atoms with van der Waals surface area (Å²) in [5, 5.41) is 0. The molecular weight excluding hydrogens is 168 g/mol. The predicted octanol–water partition coefficient (Wildman–Crippen LogP) is 0.147. The third kappa shape index (κ3) is 2.97. The van der Waals surface area contributed by atoms with Gasteiger partial charge in [0.15, 0.2) is 0 Å². The number of carbonyl (C=O) groups is 1. The van der Waals surface area contributed by atoms with Crippen LogP contribution < -0.4 is 11.5 Å². The van der Waals surface area contributed by atoms with Gasteiger partial charge in [-0.2, -0.15) is 0 Å². The van der Waals surface area contributed by atoms with Crippen LogP contribution in [0.3, 0.4) is 0 Å². The average molecular weight is 186 g/mol. The fourth-order valence-corrected chi connectivity index (χ4v) is 2.21. The van der Waals surface area contributed by atoms with E-state index in [2.05, 4.69) is 0 Å². The van der Waals surface area contributed by atoms with E-state index in [0.29, 0.717) is 12.8 Å². The van der Waals surface area contributed by atoms with Crippen molar-refractivity contribution in [3.05, 3.63) is 0 Å². The molecule has 4 N–H and O–H groups in total. The lowest BCUT2D eigenvalue weighted by Crippen LogP contribution is -2.52. The molecule has 4 heteroatoms. The lowest BCUT2D eigenvalue weighted by Gasteiger charge is -2.39. The van der Waals surface area contributed by atoms with Crippen LogP contribution in [0.5, 0.6) is 0 Å². The molecule has 0 radical (unpaired) electrons. The summed E-state index contributed by atoms with van der Waals surface area (Å²) in [5.74, 6) is -0.330. The minimum Gasteiger partial charge on any atom is -0.375 e. The molecule has 2 atom stereocenters. The van der Waals surface area contributed by atoms with Crippen LogP contribution in [0.4, 0.5) is 0 Å². The van der Waals surface area contributed by atoms with Gasteiger partial charge >= 0.3 is 0 Å². The van der Waals surface area contributed by atoms with Gasteiger partial charge in [0.2, 0.25) is 5.91 Å². The van der Waals surface area contributed by atoms with Gasteiger partial charge in [0.25, 0.3) is 0 Å². The minimum atomic E-state index is -0.455. The second-order valence-electron chi connectivity index (χ2n) is 4.17. The molecule has 1 fully saturated rings. The highest BCUT2D eigenvalue weighted by atomic mass is 16.5. The Kier molecular flexibility index (Phi) is 2.93. The van der Waals surface area contributed by atoms with E-state index in [9.17, 15) is 4.79 Å². The maximum Gasteiger partial charge on any atom is 0.219 e. The Morgan fingerprint density at radius 1 is 1.46 bits per heavy atom. The van der Waals surface area contributed by atoms with Crippen LogP contribution in [0.1, 0.15) is 33.1 Å². The lowest BCUT2D eigenvalue weighted by atomic mass is 9.82. The molecule has 13 heavy (non-hydrogen) atoms. The second-order valence-corrected chi connectivity index (χ2v) is 4.17. The molecule has 0 aliphatic carbocycles. The standard InChI is InChI=1S/C9H18N2O2/c1-6-3-9(11,5-8(10)12)4-7(2)13-6/h6-7H,3-5,11H2,1-2H3,(H2,10,12). The summed E-state index contributed by atoms with van der Waals surface area (Å²) in [4.78, 5) is 10.8. The van der Waals surface area contributed by atoms with Crippen LogP contribution in [0, 0.1) is 0 Å². The molecule has 0 aromatic rings. The van der Waals surface area contributed by atoms with Crippen molar-refractivity contribution in [1.29, 1.82) is 0 Å². The molecule has 1 heterocycles. The van der Waals surface area contributed by atoms with Crippen molar-refractivity contribution in [2.24, 2.45) is 11.5 Å². The van der Waals surface area contributed by atoms with E-state index < -0.39 is 5.54 Å². The molecule has 1 amide bonds. The van der Waals surface area contributed by atoms with E-state index in [1.165, 1.54) is 0 Å². The number of primary amides is 1. The van der Waals surface area contributed by atoms with E-state index in [4.69, 9.17) is 16.2 Å². The first-order valence-corrected chi connectivity index (χ1v) is 4.64. The van der Waals surface area contributed by atoms with Crippen molar-refractivity contribution in [1.82, 2.24) is 0 Å². The topological polar surface area (TPSA) is 78.3 Å². The van der Waals surface area contributed by atoms with Gasteiger partial charge in [0.05, 0.1) is 12.2 Å². The Labute approximate surface area is 78.6 Å². The number of amides is 1. The zero-order valence-electron chi connectivity index (χ0n) is 8.25. The highest BCUT2D eigenvalue weighted by molar-refractivity contribution is 5.75. The number of rotatable bonds is 2. The average Bonchev–Trinajstić information content (AvgIpc) is 1.77. The Hall–Kier alpha value is -0.610. The van der Waals surface area contributed by atoms with Crippen LogP contribution in [0.2, 0.25) is 0 Å². The summed E-state index contributed by atoms with van der Waals surface area (Å²) in [6.45, 7) is 3.94. The number of hydrogen-bond acceptors (Lipinski definition) is 3. The maximum absolute atomic E-state index is 10.8. The molecular formula is C9H18N2O2. The Balaban J connectivity index is 2.60. The third-order valence-electron chi connectivity index (χ3n) is 2.38. The quantitative estimate of drug-likeness (QED) is 0.644. The molecule has 0 saturated carbocycles. The molecule has 1 aliphatic heterocycles. The van der Waals surface area contributed by atoms with E-state index in [1.807, 2.05) is 13.8 Å². The molecule has 1 aliphatic rings. The molecule has 4 nitrogen and oxygen atoms in total. The van der Waals surface area contributed by atoms with E-state index in [0.717, 1.165) is 0 Å². The zero-order chi connectivity index (χ0) is 10.1. The fourth-order valence-electron chi connectivity index (χ4n) is 2.21. The van der Waals surface area contributed by atoms with E-state index in [-0.39, 0.29) is 24.5 Å². The van der Waals surface area contributed by atoms with Gasteiger partial charge in [-0.1, -0.05) is 0 Å². The molecule has 76 valence electrons. The summed E-state index contributed by atoms with van der Waals surface area (Å²) < 4.78 is 5.53. The number of nitrogens with two attached hydrogens (primary N) is 2. The number of ether oxygens (including phenoxy) is 1. The highest BCUT2D eigenvalue weighted by Gasteiger charge is 2.36. The molecule has 0 spiro atoms. The Bertz CT molecular complexity index is 196. The van der Waals surface area contributed by atoms with Crippen molar-refractivity contribution in [3.8, 4) is 0 Å². The monoisotopic (exact) mass is 186 g/mol. The zero-order valence-corrected chi connectivity index (χ0v) is 8.25. The largest absolute Gasteiger partial charge is 0.375 e. The smallest absolute Gasteiger partial charge is 0.219 e. The van der Waals surface area contributed by atoms with Crippen LogP contribution in [-0.2, 0) is 9.53 Å². The number of carbonyl (C=O) groups excluding carboxylic acids is 1. The van der Waals surface area contributed by atoms with Crippen LogP contribution in [0.25, 0.3) is 0 Å². The van der Waals surface area contributed by atoms with Gasteiger partial charge in [-0.3, -0.25) is 4.79 Å². The molecule has 1 rings (SSSR count). The number of hydrogen-bond donors (Lipinski definition) is 2. The molecule has 0 bridgehead atoms. The first-order valence-electron chi connectivity index (χ1n) is 4.64. The second kappa shape index (κ2) is 3.64. The van der Waals surface area contributed by atoms with Gasteiger partial charge < -0.3 is 16.2 Å². The molecule has 0 aromatic heterocycles. The van der Waals surface area contributed by atoms with Crippen molar-refractivity contribution >= 4 is 5.91 Å². The Morgan fingerprint density at radius 3 is 2.31 bits per heavy atom. The van der Waals surface area contributed by atoms with Gasteiger partial charge in [0.1, 0.15) is 0 Å². The van der Waals surface area contributed by atoms with Crippen molar-refractivity contribution < 1.29 is 9.53 Å². The van der Waals surface area contributed by atoms with Crippen LogP contribution >= 0.6 is 0 Å². The van der Waals surface area contributed by atoms with E-state index in [1.54, 1.807) is 0 Å². The van der Waals surface area contributed by atoms with E-state index >= 15 is 0 Å². The van der Waals surface area contributed by atoms with Gasteiger partial charge in [-0.05, 0) is 26.7 Å². The lowest BCUT2D eigenvalue weighted by molar-refractivity contribution is -0.121. The third-order valence-corrected chi connectivity index (χ3v) is 2.38. The van der Waals surface area contributed by atoms with Crippen molar-refractivity contribution in [3.63, 3.8) is 0 Å². The molecule has 0 aromatic carbocycles. The first-order chi connectivity index (χ1) is 5.91. The SMILES string of the molecule is CC1CC(N)(CC(N)=O)CC(C)O1. The van der Waals surface area contributed by atoms with Crippen LogP contribution in [0.15, 0.2) is 0 Å². The minimum absolute atomic E-state index is 0.119. The Morgan fingerprint density at radius 2 is 1.92 bits per heavy atom. The van der Waals surface area contributed by atoms with Gasteiger partial charge in [-0.25, -0.2) is 0 Å². The summed E-state index contributed by atoms with van der Waals surface area (Å²) in [7, 11) is 0. The molecule has 1 saturated heterocycles. The van der Waals surface area contributed by atoms with Gasteiger partial charge in [-0.15, -0.1) is 0 Å². The van der Waals surface area contributed by atoms with Crippen molar-refractivity contribution in [2.75, 3.05) is 0 Å². The highest BCUT2D eigenvalue weighted by Crippen LogP contribution is 2.28. The van der Waals surface area contributed by atoms with Gasteiger partial charge in [0, 0.05) is 12.0 Å². The fraction of sp³-hybridized carbons (Fsp3) is 0.889. The summed E-state index contributed by atoms with van der Waals surface area (Å²) in [5.41, 5.74) is 10.7. The maximum atomic E-state index is 10.8. The first kappa shape index (κ1) is 10.5. The summed E-state index contributed by atoms with van der Waals surface area (Å²) in [6.07, 6.45) is 1.91. The molecule has 2 unspecified atom stereocenters. The van der Waals surface area contributed by atoms with Crippen LogP contribution in [-0.4, -0.2) is 23.7 Å². The van der Waals surface area contributed by atoms with Crippen molar-refractivity contribution in [2.45, 2.75) is 50.9 Å². The normalized spacial score (nSPS) is 40.2. The summed E-state index contributed by atoms with van der Waals surface area (Å²) >= 11 is 0. The summed E-state index contributed by atoms with van der Waals surface area (Å²) in [6, 6.07) is 0.